The van der Waals surface area contributed by atoms with E-state index in [0.717, 1.165) is 11.4 Å². The lowest BCUT2D eigenvalue weighted by Crippen LogP contribution is -1.80. The van der Waals surface area contributed by atoms with Crippen LogP contribution < -0.4 is 0 Å². The van der Waals surface area contributed by atoms with Crippen molar-refractivity contribution in [3.63, 3.8) is 0 Å². The van der Waals surface area contributed by atoms with Crippen molar-refractivity contribution < 1.29 is 0 Å². The second kappa shape index (κ2) is 6.20. The average molecular weight is 314 g/mol. The summed E-state index contributed by atoms with van der Waals surface area (Å²) in [5.74, 6) is 0. The van der Waals surface area contributed by atoms with Crippen molar-refractivity contribution >= 4 is 7.53 Å². The molecule has 0 fully saturated rings. The molecule has 23 heavy (non-hydrogen) atoms. The number of hydrogen-bond acceptors (Lipinski definition) is 2. The zero-order chi connectivity index (χ0) is 15.5. The second-order valence-corrected chi connectivity index (χ2v) is 7.36. The third-order valence-electron chi connectivity index (χ3n) is 3.75. The van der Waals surface area contributed by atoms with Crippen LogP contribution in [0.4, 0.5) is 0 Å². The highest BCUT2D eigenvalue weighted by Gasteiger charge is 2.15. The van der Waals surface area contributed by atoms with Gasteiger partial charge in [0, 0.05) is 23.0 Å². The molecule has 2 nitrogen and oxygen atoms in total. The van der Waals surface area contributed by atoms with Gasteiger partial charge in [-0.25, -0.2) is 0 Å². The third kappa shape index (κ3) is 2.69. The van der Waals surface area contributed by atoms with Gasteiger partial charge in [-0.2, -0.15) is 0 Å². The normalized spacial score (nSPS) is 10.6. The molecule has 0 aliphatic heterocycles. The Kier molecular flexibility index (Phi) is 3.75. The smallest absolute Gasteiger partial charge is 0.0745 e. The highest BCUT2D eigenvalue weighted by molar-refractivity contribution is 7.63. The Morgan fingerprint density at radius 3 is 1.52 bits per heavy atom. The van der Waals surface area contributed by atoms with Crippen LogP contribution >= 0.6 is 7.53 Å². The second-order valence-electron chi connectivity index (χ2n) is 5.20. The lowest BCUT2D eigenvalue weighted by atomic mass is 10.3. The SMILES string of the molecule is c1ccc(-p2c(-c3ccccn3)ccc2-c2ccccn2)cc1. The molecular formula is C20H15N2P. The maximum absolute atomic E-state index is 4.56. The standard InChI is InChI=1S/C20H15N2P/c1-2-8-16(9-3-1)23-19(17-10-4-6-14-21-17)12-13-20(23)18-11-5-7-15-22-18/h1-15H. The van der Waals surface area contributed by atoms with E-state index in [1.807, 2.05) is 36.7 Å². The molecule has 0 aliphatic carbocycles. The van der Waals surface area contributed by atoms with Crippen LogP contribution in [0.5, 0.6) is 0 Å². The molecule has 0 saturated heterocycles. The van der Waals surface area contributed by atoms with Gasteiger partial charge in [-0.3, -0.25) is 9.97 Å². The number of aromatic nitrogens is 2. The van der Waals surface area contributed by atoms with Gasteiger partial charge in [-0.15, -0.1) is 0 Å². The molecule has 0 bridgehead atoms. The van der Waals surface area contributed by atoms with Gasteiger partial charge < -0.3 is 0 Å². The number of rotatable bonds is 3. The Bertz CT molecular complexity index is 843. The lowest BCUT2D eigenvalue weighted by molar-refractivity contribution is 1.34. The summed E-state index contributed by atoms with van der Waals surface area (Å²) in [5.41, 5.74) is 2.09. The van der Waals surface area contributed by atoms with Crippen LogP contribution in [-0.2, 0) is 0 Å². The summed E-state index contributed by atoms with van der Waals surface area (Å²) in [7, 11) is -0.622. The van der Waals surface area contributed by atoms with Crippen molar-refractivity contribution in [3.8, 4) is 27.3 Å². The Balaban J connectivity index is 1.97. The van der Waals surface area contributed by atoms with Crippen LogP contribution in [-0.4, -0.2) is 9.97 Å². The first kappa shape index (κ1) is 13.9. The van der Waals surface area contributed by atoms with Crippen LogP contribution in [0.3, 0.4) is 0 Å². The molecule has 0 radical (unpaired) electrons. The first-order valence-corrected chi connectivity index (χ1v) is 8.87. The first-order valence-electron chi connectivity index (χ1n) is 7.53. The van der Waals surface area contributed by atoms with Gasteiger partial charge in [0.15, 0.2) is 0 Å². The molecule has 3 aromatic heterocycles. The fraction of sp³-hybridized carbons (Fsp3) is 0. The van der Waals surface area contributed by atoms with Gasteiger partial charge in [0.1, 0.15) is 0 Å². The predicted octanol–water partition coefficient (Wildman–Crippen LogP) is 5.79. The minimum Gasteiger partial charge on any atom is -0.256 e. The summed E-state index contributed by atoms with van der Waals surface area (Å²) < 4.78 is 0. The van der Waals surface area contributed by atoms with Crippen molar-refractivity contribution in [3.05, 3.63) is 91.3 Å². The summed E-state index contributed by atoms with van der Waals surface area (Å²) in [6.07, 6.45) is 3.71. The number of benzene rings is 1. The molecule has 0 amide bonds. The van der Waals surface area contributed by atoms with Crippen LogP contribution in [0.25, 0.3) is 27.3 Å². The van der Waals surface area contributed by atoms with Crippen LogP contribution in [0, 0.1) is 0 Å². The summed E-state index contributed by atoms with van der Waals surface area (Å²) >= 11 is 0. The number of pyridine rings is 2. The van der Waals surface area contributed by atoms with E-state index in [9.17, 15) is 0 Å². The minimum atomic E-state index is -0.622. The molecule has 0 atom stereocenters. The van der Waals surface area contributed by atoms with Crippen molar-refractivity contribution in [1.82, 2.24) is 9.97 Å². The molecule has 0 N–H and O–H groups in total. The van der Waals surface area contributed by atoms with E-state index in [1.165, 1.54) is 15.9 Å². The monoisotopic (exact) mass is 314 g/mol. The van der Waals surface area contributed by atoms with Crippen LogP contribution in [0.1, 0.15) is 0 Å². The van der Waals surface area contributed by atoms with E-state index >= 15 is 0 Å². The molecule has 0 unspecified atom stereocenters. The largest absolute Gasteiger partial charge is 0.256 e. The minimum absolute atomic E-state index is 0.622. The third-order valence-corrected chi connectivity index (χ3v) is 6.28. The maximum atomic E-state index is 4.56. The molecule has 0 spiro atoms. The van der Waals surface area contributed by atoms with E-state index < -0.39 is 7.53 Å². The molecule has 4 aromatic rings. The van der Waals surface area contributed by atoms with E-state index in [4.69, 9.17) is 0 Å². The van der Waals surface area contributed by atoms with Gasteiger partial charge in [-0.05, 0) is 41.7 Å². The molecular weight excluding hydrogens is 299 g/mol. The van der Waals surface area contributed by atoms with Crippen LogP contribution in [0.2, 0.25) is 0 Å². The quantitative estimate of drug-likeness (QED) is 0.478. The molecule has 1 aromatic carbocycles. The molecule has 110 valence electrons. The summed E-state index contributed by atoms with van der Waals surface area (Å²) in [4.78, 5) is 9.12. The number of hydrogen-bond donors (Lipinski definition) is 0. The van der Waals surface area contributed by atoms with Gasteiger partial charge >= 0.3 is 0 Å². The van der Waals surface area contributed by atoms with E-state index in [1.54, 1.807) is 0 Å². The average Bonchev–Trinajstić information content (AvgIpc) is 3.09. The van der Waals surface area contributed by atoms with E-state index in [-0.39, 0.29) is 0 Å². The zero-order valence-corrected chi connectivity index (χ0v) is 13.4. The van der Waals surface area contributed by atoms with Crippen molar-refractivity contribution in [1.29, 1.82) is 0 Å². The first-order chi connectivity index (χ1) is 11.4. The summed E-state index contributed by atoms with van der Waals surface area (Å²) in [6.45, 7) is 0. The molecule has 4 rings (SSSR count). The molecule has 0 saturated carbocycles. The fourth-order valence-corrected chi connectivity index (χ4v) is 5.18. The Labute approximate surface area is 136 Å². The Morgan fingerprint density at radius 1 is 0.522 bits per heavy atom. The van der Waals surface area contributed by atoms with Gasteiger partial charge in [0.05, 0.1) is 11.4 Å². The van der Waals surface area contributed by atoms with Gasteiger partial charge in [0.2, 0.25) is 0 Å². The van der Waals surface area contributed by atoms with Crippen molar-refractivity contribution in [2.24, 2.45) is 0 Å². The van der Waals surface area contributed by atoms with Gasteiger partial charge in [0.25, 0.3) is 0 Å². The molecule has 3 heterocycles. The summed E-state index contributed by atoms with van der Waals surface area (Å²) in [6, 6.07) is 27.2. The maximum Gasteiger partial charge on any atom is 0.0745 e. The van der Waals surface area contributed by atoms with Gasteiger partial charge in [-0.1, -0.05) is 50.0 Å². The highest BCUT2D eigenvalue weighted by Crippen LogP contribution is 2.55. The van der Waals surface area contributed by atoms with E-state index in [0.29, 0.717) is 0 Å². The summed E-state index contributed by atoms with van der Waals surface area (Å²) in [5, 5.41) is 3.90. The fourth-order valence-electron chi connectivity index (χ4n) is 2.72. The van der Waals surface area contributed by atoms with Crippen molar-refractivity contribution in [2.45, 2.75) is 0 Å². The molecule has 0 aliphatic rings. The predicted molar refractivity (Wildman–Crippen MR) is 96.9 cm³/mol. The van der Waals surface area contributed by atoms with Crippen molar-refractivity contribution in [2.75, 3.05) is 0 Å². The van der Waals surface area contributed by atoms with Crippen LogP contribution in [0.15, 0.2) is 91.3 Å². The Morgan fingerprint density at radius 2 is 1.04 bits per heavy atom. The van der Waals surface area contributed by atoms with E-state index in [2.05, 4.69) is 64.6 Å². The molecule has 3 heteroatoms. The Hall–Kier alpha value is -2.70. The topological polar surface area (TPSA) is 25.8 Å². The lowest BCUT2D eigenvalue weighted by Gasteiger charge is -2.09. The highest BCUT2D eigenvalue weighted by atomic mass is 31.1. The number of nitrogens with zero attached hydrogens (tertiary/aromatic N) is 2. The zero-order valence-electron chi connectivity index (χ0n) is 12.5.